The molecule has 10 heteroatoms. The van der Waals surface area contributed by atoms with E-state index in [0.29, 0.717) is 28.8 Å². The number of benzene rings is 1. The molecular formula is C14H7F4N3O3. The minimum absolute atomic E-state index is 0.314. The standard InChI is InChI=1S/C14H7F4N3O3/c15-7-2-1-5(14(16,17)18)3-8(7)21-9(22)4-6-10(11(21)19)13(24)20-12(6)23/h1-4H,19H2,(H,20,23,24). The van der Waals surface area contributed by atoms with Crippen molar-refractivity contribution in [2.75, 3.05) is 5.73 Å². The number of amides is 2. The lowest BCUT2D eigenvalue weighted by Gasteiger charge is -2.14. The van der Waals surface area contributed by atoms with Crippen molar-refractivity contribution in [1.29, 1.82) is 0 Å². The number of aromatic nitrogens is 1. The van der Waals surface area contributed by atoms with Gasteiger partial charge < -0.3 is 5.73 Å². The summed E-state index contributed by atoms with van der Waals surface area (Å²) in [6.45, 7) is 0. The number of alkyl halides is 3. The van der Waals surface area contributed by atoms with Crippen molar-refractivity contribution in [3.63, 3.8) is 0 Å². The summed E-state index contributed by atoms with van der Waals surface area (Å²) < 4.78 is 52.8. The molecule has 0 spiro atoms. The van der Waals surface area contributed by atoms with E-state index in [9.17, 15) is 31.9 Å². The maximum atomic E-state index is 14.0. The number of hydrogen-bond acceptors (Lipinski definition) is 4. The third-order valence-electron chi connectivity index (χ3n) is 3.47. The van der Waals surface area contributed by atoms with Gasteiger partial charge in [-0.25, -0.2) is 4.39 Å². The number of carbonyl (C=O) groups is 2. The average Bonchev–Trinajstić information content (AvgIpc) is 2.74. The molecule has 3 rings (SSSR count). The number of hydrogen-bond donors (Lipinski definition) is 2. The lowest BCUT2D eigenvalue weighted by atomic mass is 10.1. The third kappa shape index (κ3) is 2.23. The number of rotatable bonds is 1. The van der Waals surface area contributed by atoms with Crippen molar-refractivity contribution >= 4 is 17.6 Å². The van der Waals surface area contributed by atoms with E-state index in [0.717, 1.165) is 0 Å². The molecule has 0 bridgehead atoms. The minimum atomic E-state index is -4.77. The number of nitrogen functional groups attached to an aromatic ring is 1. The Morgan fingerprint density at radius 2 is 1.71 bits per heavy atom. The molecule has 1 aliphatic rings. The van der Waals surface area contributed by atoms with Crippen LogP contribution in [0.3, 0.4) is 0 Å². The number of halogens is 4. The molecule has 1 aliphatic heterocycles. The van der Waals surface area contributed by atoms with E-state index in [1.807, 2.05) is 5.32 Å². The third-order valence-corrected chi connectivity index (χ3v) is 3.47. The SMILES string of the molecule is Nc1c2c(cc(=O)n1-c1cc(C(F)(F)F)ccc1F)C(=O)NC2=O. The highest BCUT2D eigenvalue weighted by atomic mass is 19.4. The van der Waals surface area contributed by atoms with Crippen LogP contribution in [0.4, 0.5) is 23.4 Å². The lowest BCUT2D eigenvalue weighted by molar-refractivity contribution is -0.137. The van der Waals surface area contributed by atoms with Crippen molar-refractivity contribution < 1.29 is 27.2 Å². The van der Waals surface area contributed by atoms with E-state index < -0.39 is 52.0 Å². The molecule has 24 heavy (non-hydrogen) atoms. The number of pyridine rings is 1. The summed E-state index contributed by atoms with van der Waals surface area (Å²) in [5.41, 5.74) is 1.92. The van der Waals surface area contributed by atoms with Gasteiger partial charge in [-0.1, -0.05) is 0 Å². The fourth-order valence-corrected chi connectivity index (χ4v) is 2.39. The van der Waals surface area contributed by atoms with Crippen molar-refractivity contribution in [3.8, 4) is 5.69 Å². The van der Waals surface area contributed by atoms with Gasteiger partial charge in [-0.2, -0.15) is 13.2 Å². The normalized spacial score (nSPS) is 13.8. The second-order valence-corrected chi connectivity index (χ2v) is 4.94. The lowest BCUT2D eigenvalue weighted by Crippen LogP contribution is -2.25. The first-order valence-electron chi connectivity index (χ1n) is 6.39. The van der Waals surface area contributed by atoms with Crippen LogP contribution in [0.15, 0.2) is 29.1 Å². The Morgan fingerprint density at radius 3 is 2.33 bits per heavy atom. The van der Waals surface area contributed by atoms with E-state index in [-0.39, 0.29) is 5.56 Å². The van der Waals surface area contributed by atoms with Crippen LogP contribution in [0.1, 0.15) is 26.3 Å². The Morgan fingerprint density at radius 1 is 1.04 bits per heavy atom. The Kier molecular flexibility index (Phi) is 3.22. The van der Waals surface area contributed by atoms with Gasteiger partial charge >= 0.3 is 6.18 Å². The fourth-order valence-electron chi connectivity index (χ4n) is 2.39. The molecule has 3 N–H and O–H groups in total. The predicted octanol–water partition coefficient (Wildman–Crippen LogP) is 1.46. The molecule has 1 aromatic carbocycles. The summed E-state index contributed by atoms with van der Waals surface area (Å²) in [7, 11) is 0. The van der Waals surface area contributed by atoms with Crippen molar-refractivity contribution in [1.82, 2.24) is 9.88 Å². The van der Waals surface area contributed by atoms with Crippen molar-refractivity contribution in [2.24, 2.45) is 0 Å². The molecule has 6 nitrogen and oxygen atoms in total. The smallest absolute Gasteiger partial charge is 0.384 e. The van der Waals surface area contributed by atoms with E-state index >= 15 is 0 Å². The Labute approximate surface area is 130 Å². The zero-order chi connectivity index (χ0) is 17.8. The van der Waals surface area contributed by atoms with Gasteiger partial charge in [0.1, 0.15) is 11.6 Å². The molecule has 2 aromatic rings. The van der Waals surface area contributed by atoms with Crippen LogP contribution in [0.2, 0.25) is 0 Å². The monoisotopic (exact) mass is 341 g/mol. The largest absolute Gasteiger partial charge is 0.416 e. The average molecular weight is 341 g/mol. The highest BCUT2D eigenvalue weighted by Crippen LogP contribution is 2.32. The molecule has 2 heterocycles. The first kappa shape index (κ1) is 15.7. The van der Waals surface area contributed by atoms with Crippen LogP contribution < -0.4 is 16.6 Å². The summed E-state index contributed by atoms with van der Waals surface area (Å²) in [4.78, 5) is 35.3. The second-order valence-electron chi connectivity index (χ2n) is 4.94. The molecule has 2 amide bonds. The number of nitrogens with one attached hydrogen (secondary N) is 1. The number of imide groups is 1. The van der Waals surface area contributed by atoms with E-state index in [4.69, 9.17) is 5.73 Å². The Bertz CT molecular complexity index is 963. The first-order valence-corrected chi connectivity index (χ1v) is 6.39. The van der Waals surface area contributed by atoms with Crippen LogP contribution in [-0.4, -0.2) is 16.4 Å². The van der Waals surface area contributed by atoms with E-state index in [2.05, 4.69) is 0 Å². The quantitative estimate of drug-likeness (QED) is 0.607. The summed E-state index contributed by atoms with van der Waals surface area (Å²) in [5, 5.41) is 1.90. The summed E-state index contributed by atoms with van der Waals surface area (Å²) >= 11 is 0. The zero-order valence-corrected chi connectivity index (χ0v) is 11.6. The Hall–Kier alpha value is -3.17. The maximum Gasteiger partial charge on any atom is 0.416 e. The van der Waals surface area contributed by atoms with Gasteiger partial charge in [-0.05, 0) is 18.2 Å². The molecule has 0 radical (unpaired) electrons. The molecule has 0 saturated carbocycles. The molecule has 124 valence electrons. The Balaban J connectivity index is 2.33. The minimum Gasteiger partial charge on any atom is -0.384 e. The summed E-state index contributed by atoms with van der Waals surface area (Å²) in [6, 6.07) is 2.14. The zero-order valence-electron chi connectivity index (χ0n) is 11.6. The highest BCUT2D eigenvalue weighted by Gasteiger charge is 2.34. The predicted molar refractivity (Wildman–Crippen MR) is 73.2 cm³/mol. The van der Waals surface area contributed by atoms with Crippen LogP contribution in [0.25, 0.3) is 5.69 Å². The molecule has 0 atom stereocenters. The van der Waals surface area contributed by atoms with Crippen LogP contribution >= 0.6 is 0 Å². The van der Waals surface area contributed by atoms with E-state index in [1.54, 1.807) is 0 Å². The molecule has 1 aromatic heterocycles. The van der Waals surface area contributed by atoms with Crippen molar-refractivity contribution in [2.45, 2.75) is 6.18 Å². The van der Waals surface area contributed by atoms with Gasteiger partial charge in [-0.3, -0.25) is 24.3 Å². The molecule has 0 fully saturated rings. The number of nitrogens with zero attached hydrogens (tertiary/aromatic N) is 1. The van der Waals surface area contributed by atoms with E-state index in [1.165, 1.54) is 0 Å². The number of carbonyl (C=O) groups excluding carboxylic acids is 2. The number of anilines is 1. The van der Waals surface area contributed by atoms with Gasteiger partial charge in [0.25, 0.3) is 17.4 Å². The first-order chi connectivity index (χ1) is 11.1. The molecule has 0 aliphatic carbocycles. The van der Waals surface area contributed by atoms with Crippen LogP contribution in [-0.2, 0) is 6.18 Å². The van der Waals surface area contributed by atoms with Gasteiger partial charge in [-0.15, -0.1) is 0 Å². The van der Waals surface area contributed by atoms with Gasteiger partial charge in [0.15, 0.2) is 0 Å². The number of nitrogens with two attached hydrogens (primary N) is 1. The molecule has 0 unspecified atom stereocenters. The van der Waals surface area contributed by atoms with Crippen LogP contribution in [0.5, 0.6) is 0 Å². The van der Waals surface area contributed by atoms with Crippen molar-refractivity contribution in [3.05, 3.63) is 57.1 Å². The summed E-state index contributed by atoms with van der Waals surface area (Å²) in [6.07, 6.45) is -4.77. The van der Waals surface area contributed by atoms with Gasteiger partial charge in [0, 0.05) is 6.07 Å². The van der Waals surface area contributed by atoms with Crippen LogP contribution in [0, 0.1) is 5.82 Å². The molecular weight excluding hydrogens is 334 g/mol. The summed E-state index contributed by atoms with van der Waals surface area (Å²) in [5.74, 6) is -3.57. The fraction of sp³-hybridized carbons (Fsp3) is 0.0714. The van der Waals surface area contributed by atoms with Gasteiger partial charge in [0.05, 0.1) is 22.4 Å². The van der Waals surface area contributed by atoms with Gasteiger partial charge in [0.2, 0.25) is 0 Å². The highest BCUT2D eigenvalue weighted by molar-refractivity contribution is 6.23. The second kappa shape index (κ2) is 4.91. The number of fused-ring (bicyclic) bond motifs is 1. The molecule has 0 saturated heterocycles. The maximum absolute atomic E-state index is 14.0. The topological polar surface area (TPSA) is 94.2 Å².